The number of rotatable bonds is 4. The van der Waals surface area contributed by atoms with Crippen LogP contribution in [0.3, 0.4) is 0 Å². The first-order valence-electron chi connectivity index (χ1n) is 8.18. The molecule has 0 spiro atoms. The Balaban J connectivity index is 2.22. The molecule has 1 N–H and O–H groups in total. The van der Waals surface area contributed by atoms with Crippen LogP contribution in [0.4, 0.5) is 5.69 Å². The van der Waals surface area contributed by atoms with Crippen LogP contribution in [0.2, 0.25) is 0 Å². The van der Waals surface area contributed by atoms with Crippen molar-refractivity contribution in [3.05, 3.63) is 24.3 Å². The number of hydrogen-bond donors (Lipinski definition) is 1. The Morgan fingerprint density at radius 2 is 1.65 bits per heavy atom. The zero-order valence-electron chi connectivity index (χ0n) is 14.2. The molecule has 6 heteroatoms. The first-order valence-corrected chi connectivity index (χ1v) is 9.62. The molecule has 1 amide bonds. The van der Waals surface area contributed by atoms with Crippen molar-refractivity contribution >= 4 is 21.6 Å². The summed E-state index contributed by atoms with van der Waals surface area (Å²) in [6.07, 6.45) is 2.85. The normalized spacial score (nSPS) is 23.0. The van der Waals surface area contributed by atoms with E-state index in [1.54, 1.807) is 28.6 Å². The second-order valence-corrected chi connectivity index (χ2v) is 8.48. The van der Waals surface area contributed by atoms with Crippen molar-refractivity contribution in [2.75, 3.05) is 5.32 Å². The molecule has 1 aliphatic rings. The van der Waals surface area contributed by atoms with E-state index >= 15 is 0 Å². The summed E-state index contributed by atoms with van der Waals surface area (Å²) in [5.74, 6) is -0.202. The van der Waals surface area contributed by atoms with E-state index in [0.29, 0.717) is 5.69 Å². The van der Waals surface area contributed by atoms with Gasteiger partial charge in [0.2, 0.25) is 15.9 Å². The lowest BCUT2D eigenvalue weighted by atomic mass is 10.0. The van der Waals surface area contributed by atoms with Gasteiger partial charge in [-0.25, -0.2) is 8.42 Å². The fourth-order valence-electron chi connectivity index (χ4n) is 2.99. The summed E-state index contributed by atoms with van der Waals surface area (Å²) in [7, 11) is -3.50. The van der Waals surface area contributed by atoms with Gasteiger partial charge in [0.05, 0.1) is 4.90 Å². The lowest BCUT2D eigenvalue weighted by Gasteiger charge is -2.37. The van der Waals surface area contributed by atoms with Crippen LogP contribution in [0.25, 0.3) is 0 Å². The molecule has 2 atom stereocenters. The molecule has 0 aromatic heterocycles. The Hall–Kier alpha value is -1.40. The smallest absolute Gasteiger partial charge is 0.243 e. The van der Waals surface area contributed by atoms with Crippen molar-refractivity contribution in [2.24, 2.45) is 5.92 Å². The number of benzene rings is 1. The second-order valence-electron chi connectivity index (χ2n) is 6.63. The highest BCUT2D eigenvalue weighted by Gasteiger charge is 2.35. The predicted octanol–water partition coefficient (Wildman–Crippen LogP) is 3.23. The average molecular weight is 338 g/mol. The van der Waals surface area contributed by atoms with Crippen molar-refractivity contribution in [3.63, 3.8) is 0 Å². The summed E-state index contributed by atoms with van der Waals surface area (Å²) in [5.41, 5.74) is 0.613. The highest BCUT2D eigenvalue weighted by molar-refractivity contribution is 7.89. The number of carbonyl (C=O) groups is 1. The number of nitrogens with one attached hydrogen (secondary N) is 1. The number of piperidine rings is 1. The molecule has 0 saturated carbocycles. The average Bonchev–Trinajstić information content (AvgIpc) is 2.47. The van der Waals surface area contributed by atoms with Gasteiger partial charge in [0.1, 0.15) is 0 Å². The zero-order valence-corrected chi connectivity index (χ0v) is 15.1. The van der Waals surface area contributed by atoms with Gasteiger partial charge < -0.3 is 5.32 Å². The minimum absolute atomic E-state index is 0.0177. The Labute approximate surface area is 139 Å². The Morgan fingerprint density at radius 1 is 1.13 bits per heavy atom. The third-order valence-electron chi connectivity index (χ3n) is 4.33. The summed E-state index contributed by atoms with van der Waals surface area (Å²) in [5, 5.41) is 2.77. The fourth-order valence-corrected chi connectivity index (χ4v) is 4.87. The van der Waals surface area contributed by atoms with Gasteiger partial charge in [0, 0.05) is 23.7 Å². The van der Waals surface area contributed by atoms with Crippen molar-refractivity contribution in [3.8, 4) is 0 Å². The van der Waals surface area contributed by atoms with Crippen molar-refractivity contribution in [1.82, 2.24) is 4.31 Å². The van der Waals surface area contributed by atoms with E-state index in [9.17, 15) is 13.2 Å². The van der Waals surface area contributed by atoms with Crippen LogP contribution in [0.1, 0.15) is 47.0 Å². The van der Waals surface area contributed by atoms with Crippen LogP contribution in [0, 0.1) is 5.92 Å². The van der Waals surface area contributed by atoms with Crippen LogP contribution in [0.5, 0.6) is 0 Å². The molecule has 1 aromatic carbocycles. The van der Waals surface area contributed by atoms with Crippen LogP contribution in [-0.2, 0) is 14.8 Å². The Kier molecular flexibility index (Phi) is 5.47. The van der Waals surface area contributed by atoms with Crippen LogP contribution in [0.15, 0.2) is 29.2 Å². The highest BCUT2D eigenvalue weighted by Crippen LogP contribution is 2.29. The SMILES string of the molecule is CC(C)C(=O)Nc1ccc(S(=O)(=O)N2C(C)CCCC2C)cc1. The molecule has 0 bridgehead atoms. The molecule has 2 rings (SSSR count). The third kappa shape index (κ3) is 3.93. The first kappa shape index (κ1) is 17.9. The van der Waals surface area contributed by atoms with E-state index in [-0.39, 0.29) is 28.8 Å². The molecule has 1 aliphatic heterocycles. The van der Waals surface area contributed by atoms with Gasteiger partial charge in [-0.1, -0.05) is 20.3 Å². The maximum Gasteiger partial charge on any atom is 0.243 e. The molecule has 0 aliphatic carbocycles. The lowest BCUT2D eigenvalue weighted by Crippen LogP contribution is -2.47. The number of sulfonamides is 1. The van der Waals surface area contributed by atoms with Gasteiger partial charge in [0.15, 0.2) is 0 Å². The largest absolute Gasteiger partial charge is 0.326 e. The van der Waals surface area contributed by atoms with Crippen LogP contribution >= 0.6 is 0 Å². The molecule has 23 heavy (non-hydrogen) atoms. The molecule has 1 aromatic rings. The zero-order chi connectivity index (χ0) is 17.2. The van der Waals surface area contributed by atoms with Gasteiger partial charge in [0.25, 0.3) is 0 Å². The summed E-state index contributed by atoms with van der Waals surface area (Å²) >= 11 is 0. The van der Waals surface area contributed by atoms with E-state index in [1.165, 1.54) is 0 Å². The van der Waals surface area contributed by atoms with Crippen molar-refractivity contribution in [1.29, 1.82) is 0 Å². The van der Waals surface area contributed by atoms with Gasteiger partial charge in [-0.05, 0) is 51.0 Å². The molecule has 1 fully saturated rings. The Bertz CT molecular complexity index is 643. The third-order valence-corrected chi connectivity index (χ3v) is 6.48. The minimum Gasteiger partial charge on any atom is -0.326 e. The number of carbonyl (C=O) groups excluding carboxylic acids is 1. The number of nitrogens with zero attached hydrogens (tertiary/aromatic N) is 1. The van der Waals surface area contributed by atoms with Gasteiger partial charge in [-0.3, -0.25) is 4.79 Å². The summed E-state index contributed by atoms with van der Waals surface area (Å²) in [6, 6.07) is 6.46. The molecule has 128 valence electrons. The van der Waals surface area contributed by atoms with E-state index in [1.807, 2.05) is 27.7 Å². The monoisotopic (exact) mass is 338 g/mol. The van der Waals surface area contributed by atoms with E-state index in [2.05, 4.69) is 5.32 Å². The van der Waals surface area contributed by atoms with Crippen LogP contribution < -0.4 is 5.32 Å². The standard InChI is InChI=1S/C17H26N2O3S/c1-12(2)17(20)18-15-8-10-16(11-9-15)23(21,22)19-13(3)6-5-7-14(19)4/h8-14H,5-7H2,1-4H3,(H,18,20). The summed E-state index contributed by atoms with van der Waals surface area (Å²) in [6.45, 7) is 7.55. The lowest BCUT2D eigenvalue weighted by molar-refractivity contribution is -0.118. The number of amides is 1. The molecular weight excluding hydrogens is 312 g/mol. The predicted molar refractivity (Wildman–Crippen MR) is 91.7 cm³/mol. The number of anilines is 1. The van der Waals surface area contributed by atoms with E-state index in [0.717, 1.165) is 19.3 Å². The van der Waals surface area contributed by atoms with Gasteiger partial charge in [-0.15, -0.1) is 0 Å². The molecule has 2 unspecified atom stereocenters. The Morgan fingerprint density at radius 3 is 2.13 bits per heavy atom. The van der Waals surface area contributed by atoms with E-state index in [4.69, 9.17) is 0 Å². The molecule has 1 heterocycles. The fraction of sp³-hybridized carbons (Fsp3) is 0.588. The molecule has 0 radical (unpaired) electrons. The van der Waals surface area contributed by atoms with Crippen molar-refractivity contribution < 1.29 is 13.2 Å². The van der Waals surface area contributed by atoms with Gasteiger partial charge in [-0.2, -0.15) is 4.31 Å². The molecule has 5 nitrogen and oxygen atoms in total. The van der Waals surface area contributed by atoms with Crippen LogP contribution in [-0.4, -0.2) is 30.7 Å². The molecular formula is C17H26N2O3S. The first-order chi connectivity index (χ1) is 10.7. The molecule has 1 saturated heterocycles. The van der Waals surface area contributed by atoms with Gasteiger partial charge >= 0.3 is 0 Å². The number of hydrogen-bond acceptors (Lipinski definition) is 3. The highest BCUT2D eigenvalue weighted by atomic mass is 32.2. The quantitative estimate of drug-likeness (QED) is 0.916. The van der Waals surface area contributed by atoms with E-state index < -0.39 is 10.0 Å². The summed E-state index contributed by atoms with van der Waals surface area (Å²) < 4.78 is 27.4. The maximum absolute atomic E-state index is 12.9. The minimum atomic E-state index is -3.50. The topological polar surface area (TPSA) is 66.5 Å². The van der Waals surface area contributed by atoms with Crippen molar-refractivity contribution in [2.45, 2.75) is 63.9 Å². The summed E-state index contributed by atoms with van der Waals surface area (Å²) in [4.78, 5) is 12.0. The maximum atomic E-state index is 12.9. The second kappa shape index (κ2) is 7.01.